The fourth-order valence-electron chi connectivity index (χ4n) is 1.50. The molecule has 0 aromatic heterocycles. The van der Waals surface area contributed by atoms with Crippen molar-refractivity contribution in [3.8, 4) is 0 Å². The number of carbonyl (C=O) groups excluding carboxylic acids is 1. The zero-order valence-corrected chi connectivity index (χ0v) is 8.83. The van der Waals surface area contributed by atoms with Gasteiger partial charge in [0.2, 0.25) is 0 Å². The molecule has 62 valence electrons. The molecule has 0 radical (unpaired) electrons. The van der Waals surface area contributed by atoms with Gasteiger partial charge in [0.1, 0.15) is 0 Å². The van der Waals surface area contributed by atoms with E-state index in [0.717, 1.165) is 21.4 Å². The lowest BCUT2D eigenvalue weighted by Crippen LogP contribution is -2.12. The Labute approximate surface area is 84.6 Å². The van der Waals surface area contributed by atoms with Crippen LogP contribution in [0.2, 0.25) is 0 Å². The summed E-state index contributed by atoms with van der Waals surface area (Å²) in [6, 6.07) is 0. The first kappa shape index (κ1) is 8.16. The molecule has 0 saturated carbocycles. The van der Waals surface area contributed by atoms with Crippen molar-refractivity contribution in [1.29, 1.82) is 0 Å². The zero-order chi connectivity index (χ0) is 8.72. The Balaban J connectivity index is 2.53. The Kier molecular flexibility index (Phi) is 1.90. The van der Waals surface area contributed by atoms with Crippen molar-refractivity contribution in [2.24, 2.45) is 10.9 Å². The molecular formula is C9H8INO. The summed E-state index contributed by atoms with van der Waals surface area (Å²) in [6.07, 6.45) is 3.42. The quantitative estimate of drug-likeness (QED) is 0.489. The number of halogens is 1. The van der Waals surface area contributed by atoms with Crippen molar-refractivity contribution in [3.05, 3.63) is 21.3 Å². The third-order valence-electron chi connectivity index (χ3n) is 2.15. The van der Waals surface area contributed by atoms with E-state index in [1.165, 1.54) is 0 Å². The number of allylic oxidation sites excluding steroid dienone is 3. The number of nitrogens with zero attached hydrogens (tertiary/aromatic N) is 1. The molecule has 1 unspecified atom stereocenters. The molecule has 12 heavy (non-hydrogen) atoms. The number of rotatable bonds is 0. The highest BCUT2D eigenvalue weighted by Crippen LogP contribution is 2.30. The molecule has 0 fully saturated rings. The topological polar surface area (TPSA) is 29.4 Å². The average Bonchev–Trinajstić information content (AvgIpc) is 2.41. The van der Waals surface area contributed by atoms with Crippen LogP contribution in [-0.4, -0.2) is 18.0 Å². The maximum absolute atomic E-state index is 11.3. The largest absolute Gasteiger partial charge is 0.289 e. The molecule has 0 aromatic carbocycles. The molecule has 1 aliphatic heterocycles. The highest BCUT2D eigenvalue weighted by Gasteiger charge is 2.27. The molecule has 1 aliphatic carbocycles. The number of fused-ring (bicyclic) bond motifs is 1. The van der Waals surface area contributed by atoms with E-state index in [4.69, 9.17) is 0 Å². The van der Waals surface area contributed by atoms with E-state index >= 15 is 0 Å². The summed E-state index contributed by atoms with van der Waals surface area (Å²) in [5.74, 6) is 0.541. The Morgan fingerprint density at radius 2 is 2.33 bits per heavy atom. The molecule has 0 amide bonds. The second kappa shape index (κ2) is 2.80. The first-order valence-corrected chi connectivity index (χ1v) is 4.95. The van der Waals surface area contributed by atoms with Gasteiger partial charge in [0.05, 0.1) is 9.29 Å². The predicted octanol–water partition coefficient (Wildman–Crippen LogP) is 1.91. The third-order valence-corrected chi connectivity index (χ3v) is 3.26. The van der Waals surface area contributed by atoms with E-state index in [-0.39, 0.29) is 5.78 Å². The Morgan fingerprint density at radius 3 is 3.08 bits per heavy atom. The first-order valence-electron chi connectivity index (χ1n) is 3.87. The maximum atomic E-state index is 11.3. The second-order valence-electron chi connectivity index (χ2n) is 3.05. The van der Waals surface area contributed by atoms with Gasteiger partial charge in [-0.05, 0) is 40.3 Å². The molecule has 0 saturated heterocycles. The van der Waals surface area contributed by atoms with Gasteiger partial charge < -0.3 is 0 Å². The van der Waals surface area contributed by atoms with Crippen LogP contribution in [0, 0.1) is 5.92 Å². The molecule has 0 N–H and O–H groups in total. The van der Waals surface area contributed by atoms with E-state index in [0.29, 0.717) is 5.92 Å². The molecule has 2 nitrogen and oxygen atoms in total. The monoisotopic (exact) mass is 273 g/mol. The molecule has 1 heterocycles. The molecule has 2 aliphatic rings. The zero-order valence-electron chi connectivity index (χ0n) is 6.67. The van der Waals surface area contributed by atoms with Gasteiger partial charge >= 0.3 is 0 Å². The highest BCUT2D eigenvalue weighted by molar-refractivity contribution is 14.1. The van der Waals surface area contributed by atoms with E-state index in [1.807, 2.05) is 6.08 Å². The van der Waals surface area contributed by atoms with Crippen molar-refractivity contribution in [3.63, 3.8) is 0 Å². The number of aliphatic imine (C=N–C) groups is 1. The van der Waals surface area contributed by atoms with E-state index in [1.54, 1.807) is 6.08 Å². The van der Waals surface area contributed by atoms with Crippen LogP contribution in [0.1, 0.15) is 6.92 Å². The van der Waals surface area contributed by atoms with Crippen molar-refractivity contribution in [2.45, 2.75) is 6.92 Å². The summed E-state index contributed by atoms with van der Waals surface area (Å²) < 4.78 is 0.846. The lowest BCUT2D eigenvalue weighted by molar-refractivity contribution is -0.110. The van der Waals surface area contributed by atoms with Gasteiger partial charge in [0.15, 0.2) is 5.78 Å². The minimum absolute atomic E-state index is 0.123. The van der Waals surface area contributed by atoms with Gasteiger partial charge in [0, 0.05) is 12.5 Å². The van der Waals surface area contributed by atoms with Crippen LogP contribution in [0.5, 0.6) is 0 Å². The van der Waals surface area contributed by atoms with Crippen molar-refractivity contribution < 1.29 is 4.79 Å². The van der Waals surface area contributed by atoms with Crippen LogP contribution in [0.4, 0.5) is 0 Å². The third kappa shape index (κ3) is 1.07. The molecule has 3 heteroatoms. The first-order chi connectivity index (χ1) is 5.70. The molecule has 0 bridgehead atoms. The van der Waals surface area contributed by atoms with Crippen molar-refractivity contribution in [1.82, 2.24) is 0 Å². The highest BCUT2D eigenvalue weighted by atomic mass is 127. The van der Waals surface area contributed by atoms with Gasteiger partial charge in [0.25, 0.3) is 0 Å². The smallest absolute Gasteiger partial charge is 0.192 e. The second-order valence-corrected chi connectivity index (χ2v) is 4.13. The molecule has 1 atom stereocenters. The summed E-state index contributed by atoms with van der Waals surface area (Å²) >= 11 is 2.11. The van der Waals surface area contributed by atoms with Gasteiger partial charge in [-0.3, -0.25) is 9.79 Å². The minimum Gasteiger partial charge on any atom is -0.289 e. The standard InChI is InChI=1S/C9H8INO/c1-5-4-11-6-2-3-7(12)9(10)8(5)6/h2-3,5H,4H2,1H3. The Hall–Kier alpha value is -0.450. The van der Waals surface area contributed by atoms with Gasteiger partial charge in [-0.25, -0.2) is 0 Å². The van der Waals surface area contributed by atoms with Crippen LogP contribution in [-0.2, 0) is 4.79 Å². The molecule has 0 aromatic rings. The summed E-state index contributed by atoms with van der Waals surface area (Å²) in [7, 11) is 0. The summed E-state index contributed by atoms with van der Waals surface area (Å²) in [5.41, 5.74) is 2.15. The molecule has 2 rings (SSSR count). The number of hydrogen-bond acceptors (Lipinski definition) is 2. The summed E-state index contributed by atoms with van der Waals surface area (Å²) in [5, 5.41) is 0. The van der Waals surface area contributed by atoms with Crippen LogP contribution < -0.4 is 0 Å². The van der Waals surface area contributed by atoms with Crippen LogP contribution in [0.15, 0.2) is 26.3 Å². The number of carbonyl (C=O) groups is 1. The van der Waals surface area contributed by atoms with Crippen LogP contribution in [0.3, 0.4) is 0 Å². The van der Waals surface area contributed by atoms with Crippen molar-refractivity contribution >= 4 is 34.1 Å². The van der Waals surface area contributed by atoms with Crippen LogP contribution in [0.25, 0.3) is 0 Å². The van der Waals surface area contributed by atoms with Gasteiger partial charge in [-0.15, -0.1) is 0 Å². The summed E-state index contributed by atoms with van der Waals surface area (Å²) in [6.45, 7) is 2.94. The molecular weight excluding hydrogens is 265 g/mol. The normalized spacial score (nSPS) is 27.7. The lowest BCUT2D eigenvalue weighted by atomic mass is 9.95. The maximum Gasteiger partial charge on any atom is 0.192 e. The Morgan fingerprint density at radius 1 is 1.58 bits per heavy atom. The molecule has 0 spiro atoms. The van der Waals surface area contributed by atoms with Crippen LogP contribution >= 0.6 is 22.6 Å². The van der Waals surface area contributed by atoms with Gasteiger partial charge in [-0.1, -0.05) is 6.92 Å². The van der Waals surface area contributed by atoms with E-state index in [2.05, 4.69) is 34.5 Å². The fraction of sp³-hybridized carbons (Fsp3) is 0.333. The summed E-state index contributed by atoms with van der Waals surface area (Å²) in [4.78, 5) is 15.6. The number of hydrogen-bond donors (Lipinski definition) is 0. The lowest BCUT2D eigenvalue weighted by Gasteiger charge is -2.11. The van der Waals surface area contributed by atoms with Gasteiger partial charge in [-0.2, -0.15) is 0 Å². The van der Waals surface area contributed by atoms with E-state index < -0.39 is 0 Å². The number of ketones is 1. The SMILES string of the molecule is CC1CN=C2C=CC(=O)C(I)=C21. The minimum atomic E-state index is 0.123. The Bertz CT molecular complexity index is 338. The average molecular weight is 273 g/mol. The van der Waals surface area contributed by atoms with Crippen molar-refractivity contribution in [2.75, 3.05) is 6.54 Å². The fourth-order valence-corrected chi connectivity index (χ4v) is 2.48. The van der Waals surface area contributed by atoms with E-state index in [9.17, 15) is 4.79 Å². The predicted molar refractivity (Wildman–Crippen MR) is 56.7 cm³/mol.